The average Bonchev–Trinajstić information content (AvgIpc) is 3.34. The molecule has 0 bridgehead atoms. The zero-order chi connectivity index (χ0) is 22.6. The fraction of sp³-hybridized carbons (Fsp3) is 0.478. The largest absolute Gasteiger partial charge is 0.497 e. The van der Waals surface area contributed by atoms with Gasteiger partial charge in [-0.05, 0) is 47.8 Å². The molecule has 1 aromatic heterocycles. The van der Waals surface area contributed by atoms with E-state index in [4.69, 9.17) is 21.7 Å². The van der Waals surface area contributed by atoms with E-state index in [1.165, 1.54) is 4.88 Å². The molecule has 0 aliphatic carbocycles. The lowest BCUT2D eigenvalue weighted by molar-refractivity contribution is -0.120. The molecule has 1 aromatic carbocycles. The minimum atomic E-state index is -0.0976. The molecule has 2 aromatic rings. The summed E-state index contributed by atoms with van der Waals surface area (Å²) in [6.45, 7) is 6.80. The summed E-state index contributed by atoms with van der Waals surface area (Å²) in [4.78, 5) is 18.2. The van der Waals surface area contributed by atoms with E-state index in [0.29, 0.717) is 11.7 Å². The summed E-state index contributed by atoms with van der Waals surface area (Å²) >= 11 is 7.35. The molecule has 9 heteroatoms. The second kappa shape index (κ2) is 13.4. The van der Waals surface area contributed by atoms with Crippen LogP contribution in [0, 0.1) is 0 Å². The smallest absolute Gasteiger partial charge is 0.239 e. The van der Waals surface area contributed by atoms with Gasteiger partial charge in [0.15, 0.2) is 5.11 Å². The van der Waals surface area contributed by atoms with Crippen molar-refractivity contribution in [1.82, 2.24) is 20.4 Å². The quantitative estimate of drug-likeness (QED) is 0.483. The molecule has 0 saturated carbocycles. The molecule has 0 atom stereocenters. The molecule has 174 valence electrons. The highest BCUT2D eigenvalue weighted by Crippen LogP contribution is 2.13. The van der Waals surface area contributed by atoms with Crippen LogP contribution in [0.5, 0.6) is 5.75 Å². The van der Waals surface area contributed by atoms with Crippen molar-refractivity contribution in [2.45, 2.75) is 19.5 Å². The Morgan fingerprint density at radius 1 is 1.25 bits per heavy atom. The van der Waals surface area contributed by atoms with E-state index < -0.39 is 0 Å². The van der Waals surface area contributed by atoms with Crippen LogP contribution in [0.3, 0.4) is 0 Å². The number of nitrogens with one attached hydrogen (secondary N) is 2. The second-order valence-electron chi connectivity index (χ2n) is 7.60. The topological polar surface area (TPSA) is 66.1 Å². The summed E-state index contributed by atoms with van der Waals surface area (Å²) in [5, 5.41) is 8.74. The predicted octanol–water partition coefficient (Wildman–Crippen LogP) is 2.47. The number of benzene rings is 1. The summed E-state index contributed by atoms with van der Waals surface area (Å²) in [5.74, 6) is 0.678. The Bertz CT molecular complexity index is 842. The van der Waals surface area contributed by atoms with Crippen molar-refractivity contribution in [3.8, 4) is 5.75 Å². The number of morpholine rings is 1. The van der Waals surface area contributed by atoms with Gasteiger partial charge in [-0.25, -0.2) is 0 Å². The molecular weight excluding hydrogens is 444 g/mol. The van der Waals surface area contributed by atoms with Crippen LogP contribution in [0.15, 0.2) is 41.8 Å². The van der Waals surface area contributed by atoms with Gasteiger partial charge in [0.05, 0.1) is 33.4 Å². The first kappa shape index (κ1) is 24.4. The van der Waals surface area contributed by atoms with E-state index >= 15 is 0 Å². The highest BCUT2D eigenvalue weighted by molar-refractivity contribution is 7.80. The molecular formula is C23H32N4O3S2. The molecule has 1 fully saturated rings. The summed E-state index contributed by atoms with van der Waals surface area (Å²) in [6, 6.07) is 11.8. The maximum absolute atomic E-state index is 12.3. The minimum absolute atomic E-state index is 0.0976. The molecule has 32 heavy (non-hydrogen) atoms. The number of amides is 1. The van der Waals surface area contributed by atoms with Gasteiger partial charge in [-0.15, -0.1) is 11.3 Å². The SMILES string of the molecule is COc1cccc(CNC(=O)CNC(=S)N(CCCN2CCOCC2)Cc2cccs2)c1. The zero-order valence-corrected chi connectivity index (χ0v) is 20.2. The van der Waals surface area contributed by atoms with Crippen molar-refractivity contribution in [2.24, 2.45) is 0 Å². The molecule has 1 aliphatic rings. The van der Waals surface area contributed by atoms with Crippen molar-refractivity contribution in [2.75, 3.05) is 53.0 Å². The average molecular weight is 477 g/mol. The van der Waals surface area contributed by atoms with Gasteiger partial charge >= 0.3 is 0 Å². The Hall–Kier alpha value is -2.20. The van der Waals surface area contributed by atoms with E-state index in [9.17, 15) is 4.79 Å². The van der Waals surface area contributed by atoms with Crippen LogP contribution in [0.1, 0.15) is 16.9 Å². The summed E-state index contributed by atoms with van der Waals surface area (Å²) in [5.41, 5.74) is 0.989. The highest BCUT2D eigenvalue weighted by Gasteiger charge is 2.14. The monoisotopic (exact) mass is 476 g/mol. The molecule has 2 N–H and O–H groups in total. The predicted molar refractivity (Wildman–Crippen MR) is 132 cm³/mol. The van der Waals surface area contributed by atoms with Crippen LogP contribution in [0.25, 0.3) is 0 Å². The molecule has 0 unspecified atom stereocenters. The van der Waals surface area contributed by atoms with Gasteiger partial charge in [0.25, 0.3) is 0 Å². The number of methoxy groups -OCH3 is 1. The van der Waals surface area contributed by atoms with Crippen LogP contribution in [0.4, 0.5) is 0 Å². The fourth-order valence-electron chi connectivity index (χ4n) is 3.47. The Labute approximate surface area is 199 Å². The second-order valence-corrected chi connectivity index (χ2v) is 9.01. The summed E-state index contributed by atoms with van der Waals surface area (Å²) in [6.07, 6.45) is 1.01. The Kier molecular flexibility index (Phi) is 10.2. The lowest BCUT2D eigenvalue weighted by Crippen LogP contribution is -2.45. The number of hydrogen-bond acceptors (Lipinski definition) is 6. The van der Waals surface area contributed by atoms with E-state index in [-0.39, 0.29) is 12.5 Å². The number of ether oxygens (including phenoxy) is 2. The van der Waals surface area contributed by atoms with Crippen LogP contribution < -0.4 is 15.4 Å². The first-order chi connectivity index (χ1) is 15.6. The maximum Gasteiger partial charge on any atom is 0.239 e. The van der Waals surface area contributed by atoms with Gasteiger partial charge in [0.1, 0.15) is 5.75 Å². The normalized spacial score (nSPS) is 14.0. The van der Waals surface area contributed by atoms with Crippen molar-refractivity contribution in [3.63, 3.8) is 0 Å². The first-order valence-corrected chi connectivity index (χ1v) is 12.2. The van der Waals surface area contributed by atoms with Crippen molar-refractivity contribution >= 4 is 34.6 Å². The van der Waals surface area contributed by atoms with Gasteiger partial charge in [-0.1, -0.05) is 18.2 Å². The van der Waals surface area contributed by atoms with Gasteiger partial charge in [-0.3, -0.25) is 9.69 Å². The highest BCUT2D eigenvalue weighted by atomic mass is 32.1. The van der Waals surface area contributed by atoms with E-state index in [1.54, 1.807) is 18.4 Å². The Morgan fingerprint density at radius 2 is 2.09 bits per heavy atom. The van der Waals surface area contributed by atoms with Crippen molar-refractivity contribution in [3.05, 3.63) is 52.2 Å². The number of rotatable bonds is 11. The third-order valence-corrected chi connectivity index (χ3v) is 6.51. The Morgan fingerprint density at radius 3 is 2.84 bits per heavy atom. The molecule has 3 rings (SSSR count). The van der Waals surface area contributed by atoms with E-state index in [1.807, 2.05) is 24.3 Å². The Balaban J connectivity index is 1.44. The number of carbonyl (C=O) groups excluding carboxylic acids is 1. The van der Waals surface area contributed by atoms with Gasteiger partial charge in [0, 0.05) is 37.6 Å². The standard InChI is InChI=1S/C23H32N4O3S2/c1-29-20-6-2-5-19(15-20)16-24-22(28)17-25-23(31)27(18-21-7-3-14-32-21)9-4-8-26-10-12-30-13-11-26/h2-3,5-7,14-15H,4,8-13,16-18H2,1H3,(H,24,28)(H,25,31). The van der Waals surface area contributed by atoms with Gasteiger partial charge < -0.3 is 25.0 Å². The van der Waals surface area contributed by atoms with Crippen LogP contribution >= 0.6 is 23.6 Å². The number of nitrogens with zero attached hydrogens (tertiary/aromatic N) is 2. The zero-order valence-electron chi connectivity index (χ0n) is 18.5. The molecule has 1 aliphatic heterocycles. The molecule has 0 radical (unpaired) electrons. The number of thiocarbonyl (C=S) groups is 1. The maximum atomic E-state index is 12.3. The summed E-state index contributed by atoms with van der Waals surface area (Å²) in [7, 11) is 1.63. The molecule has 2 heterocycles. The molecule has 1 amide bonds. The third-order valence-electron chi connectivity index (χ3n) is 5.24. The third kappa shape index (κ3) is 8.38. The van der Waals surface area contributed by atoms with Crippen LogP contribution in [-0.4, -0.2) is 73.9 Å². The van der Waals surface area contributed by atoms with Gasteiger partial charge in [-0.2, -0.15) is 0 Å². The molecule has 7 nitrogen and oxygen atoms in total. The van der Waals surface area contributed by atoms with Crippen LogP contribution in [0.2, 0.25) is 0 Å². The van der Waals surface area contributed by atoms with E-state index in [0.717, 1.165) is 63.7 Å². The summed E-state index contributed by atoms with van der Waals surface area (Å²) < 4.78 is 10.6. The fourth-order valence-corrected chi connectivity index (χ4v) is 4.41. The molecule has 0 spiro atoms. The van der Waals surface area contributed by atoms with Gasteiger partial charge in [0.2, 0.25) is 5.91 Å². The van der Waals surface area contributed by atoms with Crippen molar-refractivity contribution in [1.29, 1.82) is 0 Å². The number of carbonyl (C=O) groups is 1. The first-order valence-electron chi connectivity index (χ1n) is 10.9. The van der Waals surface area contributed by atoms with Crippen molar-refractivity contribution < 1.29 is 14.3 Å². The number of hydrogen-bond donors (Lipinski definition) is 2. The van der Waals surface area contributed by atoms with Crippen LogP contribution in [-0.2, 0) is 22.6 Å². The number of thiophene rings is 1. The molecule has 1 saturated heterocycles. The lowest BCUT2D eigenvalue weighted by atomic mass is 10.2. The lowest BCUT2D eigenvalue weighted by Gasteiger charge is -2.29. The van der Waals surface area contributed by atoms with E-state index in [2.05, 4.69) is 37.9 Å². The minimum Gasteiger partial charge on any atom is -0.497 e.